The van der Waals surface area contributed by atoms with Crippen LogP contribution in [-0.2, 0) is 19.0 Å². The van der Waals surface area contributed by atoms with E-state index in [9.17, 15) is 15.0 Å². The van der Waals surface area contributed by atoms with Crippen molar-refractivity contribution in [2.24, 2.45) is 0 Å². The van der Waals surface area contributed by atoms with Crippen molar-refractivity contribution in [3.8, 4) is 0 Å². The molecule has 2 N–H and O–H groups in total. The van der Waals surface area contributed by atoms with Gasteiger partial charge in [-0.05, 0) is 12.8 Å². The number of esters is 1. The lowest BCUT2D eigenvalue weighted by Gasteiger charge is -2.47. The van der Waals surface area contributed by atoms with Gasteiger partial charge < -0.3 is 24.4 Å². The van der Waals surface area contributed by atoms with E-state index in [2.05, 4.69) is 0 Å². The Labute approximate surface area is 99.5 Å². The molecule has 2 aliphatic rings. The SMILES string of the molecule is CC(=O)O[C@H]1[C@H](O)[C@H](O)CO[C@@]12CCCCO2. The molecule has 0 saturated carbocycles. The second-order valence-corrected chi connectivity index (χ2v) is 4.52. The Bertz CT molecular complexity index is 286. The summed E-state index contributed by atoms with van der Waals surface area (Å²) in [5.74, 6) is -1.62. The highest BCUT2D eigenvalue weighted by Crippen LogP contribution is 2.37. The summed E-state index contributed by atoms with van der Waals surface area (Å²) >= 11 is 0. The van der Waals surface area contributed by atoms with Gasteiger partial charge in [0, 0.05) is 13.3 Å². The van der Waals surface area contributed by atoms with E-state index < -0.39 is 30.1 Å². The minimum absolute atomic E-state index is 0.0149. The second-order valence-electron chi connectivity index (χ2n) is 4.52. The van der Waals surface area contributed by atoms with Crippen LogP contribution in [0.5, 0.6) is 0 Å². The van der Waals surface area contributed by atoms with Gasteiger partial charge in [0.1, 0.15) is 12.2 Å². The molecule has 6 heteroatoms. The number of hydrogen-bond donors (Lipinski definition) is 2. The van der Waals surface area contributed by atoms with E-state index in [4.69, 9.17) is 14.2 Å². The fraction of sp³-hybridized carbons (Fsp3) is 0.909. The van der Waals surface area contributed by atoms with Gasteiger partial charge >= 0.3 is 5.97 Å². The zero-order valence-electron chi connectivity index (χ0n) is 9.80. The maximum absolute atomic E-state index is 11.1. The van der Waals surface area contributed by atoms with Gasteiger partial charge in [0.05, 0.1) is 13.2 Å². The summed E-state index contributed by atoms with van der Waals surface area (Å²) in [4.78, 5) is 11.1. The summed E-state index contributed by atoms with van der Waals surface area (Å²) < 4.78 is 16.1. The lowest BCUT2D eigenvalue weighted by Crippen LogP contribution is -2.64. The predicted octanol–water partition coefficient (Wildman–Crippen LogP) is -0.433. The van der Waals surface area contributed by atoms with Crippen molar-refractivity contribution in [1.29, 1.82) is 0 Å². The van der Waals surface area contributed by atoms with Gasteiger partial charge in [-0.1, -0.05) is 0 Å². The van der Waals surface area contributed by atoms with Gasteiger partial charge in [-0.2, -0.15) is 0 Å². The molecule has 2 fully saturated rings. The number of ether oxygens (including phenoxy) is 3. The molecule has 0 aliphatic carbocycles. The molecule has 2 heterocycles. The van der Waals surface area contributed by atoms with E-state index in [0.29, 0.717) is 13.0 Å². The first-order valence-electron chi connectivity index (χ1n) is 5.86. The van der Waals surface area contributed by atoms with Crippen molar-refractivity contribution in [2.45, 2.75) is 50.3 Å². The Morgan fingerprint density at radius 3 is 2.71 bits per heavy atom. The number of carbonyl (C=O) groups excluding carboxylic acids is 1. The number of rotatable bonds is 1. The van der Waals surface area contributed by atoms with Gasteiger partial charge in [0.25, 0.3) is 0 Å². The predicted molar refractivity (Wildman–Crippen MR) is 56.1 cm³/mol. The Balaban J connectivity index is 2.19. The van der Waals surface area contributed by atoms with Crippen LogP contribution in [0.1, 0.15) is 26.2 Å². The van der Waals surface area contributed by atoms with Crippen LogP contribution in [0, 0.1) is 0 Å². The molecule has 0 amide bonds. The first-order valence-corrected chi connectivity index (χ1v) is 5.86. The van der Waals surface area contributed by atoms with Crippen LogP contribution in [0.4, 0.5) is 0 Å². The maximum Gasteiger partial charge on any atom is 0.303 e. The van der Waals surface area contributed by atoms with Crippen molar-refractivity contribution >= 4 is 5.97 Å². The third-order valence-electron chi connectivity index (χ3n) is 3.20. The fourth-order valence-corrected chi connectivity index (χ4v) is 2.34. The molecule has 2 aliphatic heterocycles. The third kappa shape index (κ3) is 2.44. The Morgan fingerprint density at radius 1 is 1.35 bits per heavy atom. The topological polar surface area (TPSA) is 85.2 Å². The lowest BCUT2D eigenvalue weighted by molar-refractivity contribution is -0.350. The molecule has 0 radical (unpaired) electrons. The largest absolute Gasteiger partial charge is 0.454 e. The van der Waals surface area contributed by atoms with E-state index in [-0.39, 0.29) is 6.61 Å². The monoisotopic (exact) mass is 246 g/mol. The fourth-order valence-electron chi connectivity index (χ4n) is 2.34. The molecule has 0 aromatic carbocycles. The molecule has 2 rings (SSSR count). The molecule has 0 aromatic heterocycles. The molecule has 0 bridgehead atoms. The van der Waals surface area contributed by atoms with Crippen LogP contribution in [0.15, 0.2) is 0 Å². The highest BCUT2D eigenvalue weighted by Gasteiger charge is 2.54. The van der Waals surface area contributed by atoms with Crippen molar-refractivity contribution in [2.75, 3.05) is 13.2 Å². The van der Waals surface area contributed by atoms with Crippen molar-refractivity contribution < 1.29 is 29.2 Å². The summed E-state index contributed by atoms with van der Waals surface area (Å²) in [5.41, 5.74) is 0. The molecular weight excluding hydrogens is 228 g/mol. The van der Waals surface area contributed by atoms with Crippen LogP contribution >= 0.6 is 0 Å². The van der Waals surface area contributed by atoms with E-state index in [1.165, 1.54) is 6.92 Å². The summed E-state index contributed by atoms with van der Waals surface area (Å²) in [5, 5.41) is 19.5. The van der Waals surface area contributed by atoms with Crippen molar-refractivity contribution in [3.05, 3.63) is 0 Å². The Morgan fingerprint density at radius 2 is 2.12 bits per heavy atom. The zero-order valence-corrected chi connectivity index (χ0v) is 9.80. The lowest BCUT2D eigenvalue weighted by atomic mass is 9.91. The highest BCUT2D eigenvalue weighted by atomic mass is 16.7. The molecule has 0 unspecified atom stereocenters. The van der Waals surface area contributed by atoms with Crippen LogP contribution < -0.4 is 0 Å². The third-order valence-corrected chi connectivity index (χ3v) is 3.20. The molecule has 2 saturated heterocycles. The van der Waals surface area contributed by atoms with Crippen LogP contribution in [0.3, 0.4) is 0 Å². The minimum Gasteiger partial charge on any atom is -0.454 e. The number of aliphatic hydroxyl groups excluding tert-OH is 2. The van der Waals surface area contributed by atoms with Gasteiger partial charge in [0.15, 0.2) is 6.10 Å². The number of hydrogen-bond acceptors (Lipinski definition) is 6. The highest BCUT2D eigenvalue weighted by molar-refractivity contribution is 5.66. The summed E-state index contributed by atoms with van der Waals surface area (Å²) in [6.45, 7) is 1.74. The van der Waals surface area contributed by atoms with Crippen LogP contribution in [0.25, 0.3) is 0 Å². The molecule has 98 valence electrons. The van der Waals surface area contributed by atoms with Crippen molar-refractivity contribution in [3.63, 3.8) is 0 Å². The molecule has 6 nitrogen and oxygen atoms in total. The molecule has 0 aromatic rings. The molecular formula is C11H18O6. The average molecular weight is 246 g/mol. The summed E-state index contributed by atoms with van der Waals surface area (Å²) in [7, 11) is 0. The van der Waals surface area contributed by atoms with E-state index in [1.807, 2.05) is 0 Å². The standard InChI is InChI=1S/C11H18O6/c1-7(12)17-10-9(14)8(13)6-16-11(10)4-2-3-5-15-11/h8-10,13-14H,2-6H2,1H3/t8-,9-,10+,11+/m1/s1. The second kappa shape index (κ2) is 4.89. The molecule has 17 heavy (non-hydrogen) atoms. The quantitative estimate of drug-likeness (QED) is 0.610. The minimum atomic E-state index is -1.18. The van der Waals surface area contributed by atoms with E-state index >= 15 is 0 Å². The molecule has 4 atom stereocenters. The van der Waals surface area contributed by atoms with Crippen molar-refractivity contribution in [1.82, 2.24) is 0 Å². The van der Waals surface area contributed by atoms with Crippen LogP contribution in [-0.4, -0.2) is 53.5 Å². The smallest absolute Gasteiger partial charge is 0.303 e. The van der Waals surface area contributed by atoms with Crippen LogP contribution in [0.2, 0.25) is 0 Å². The average Bonchev–Trinajstić information content (AvgIpc) is 2.31. The number of aliphatic hydroxyl groups is 2. The maximum atomic E-state index is 11.1. The zero-order chi connectivity index (χ0) is 12.5. The molecule has 1 spiro atoms. The summed E-state index contributed by atoms with van der Waals surface area (Å²) in [6.07, 6.45) is -0.864. The Kier molecular flexibility index (Phi) is 3.67. The van der Waals surface area contributed by atoms with Gasteiger partial charge in [-0.15, -0.1) is 0 Å². The summed E-state index contributed by atoms with van der Waals surface area (Å²) in [6, 6.07) is 0. The Hall–Kier alpha value is -0.690. The first kappa shape index (κ1) is 12.8. The van der Waals surface area contributed by atoms with Gasteiger partial charge in [-0.25, -0.2) is 0 Å². The number of carbonyl (C=O) groups is 1. The van der Waals surface area contributed by atoms with E-state index in [1.54, 1.807) is 0 Å². The first-order chi connectivity index (χ1) is 8.05. The van der Waals surface area contributed by atoms with Gasteiger partial charge in [0.2, 0.25) is 5.79 Å². The van der Waals surface area contributed by atoms with Gasteiger partial charge in [-0.3, -0.25) is 4.79 Å². The normalized spacial score (nSPS) is 42.4. The van der Waals surface area contributed by atoms with E-state index in [0.717, 1.165) is 12.8 Å².